The van der Waals surface area contributed by atoms with Gasteiger partial charge in [-0.1, -0.05) is 121 Å². The Morgan fingerprint density at radius 3 is 1.49 bits per heavy atom. The Morgan fingerprint density at radius 1 is 0.559 bits per heavy atom. The van der Waals surface area contributed by atoms with Crippen molar-refractivity contribution in [3.05, 3.63) is 210 Å². The van der Waals surface area contributed by atoms with Crippen molar-refractivity contribution in [2.45, 2.75) is 30.0 Å². The van der Waals surface area contributed by atoms with Crippen molar-refractivity contribution in [2.75, 3.05) is 53.5 Å². The van der Waals surface area contributed by atoms with Crippen molar-refractivity contribution >= 4 is 17.0 Å². The minimum atomic E-state index is -0.976. The normalized spacial score (nSPS) is 14.8. The summed E-state index contributed by atoms with van der Waals surface area (Å²) < 4.78 is 44.7. The van der Waals surface area contributed by atoms with Crippen molar-refractivity contribution in [3.63, 3.8) is 0 Å². The molecule has 0 spiro atoms. The van der Waals surface area contributed by atoms with Gasteiger partial charge in [0, 0.05) is 0 Å². The van der Waals surface area contributed by atoms with E-state index in [-0.39, 0.29) is 25.5 Å². The van der Waals surface area contributed by atoms with Gasteiger partial charge in [0.05, 0.1) is 54.0 Å². The topological polar surface area (TPSA) is 120 Å². The zero-order chi connectivity index (χ0) is 46.8. The highest BCUT2D eigenvalue weighted by Crippen LogP contribution is 2.44. The number of nitrogens with zero attached hydrogens (tertiary/aromatic N) is 4. The van der Waals surface area contributed by atoms with Crippen molar-refractivity contribution in [1.29, 1.82) is 0 Å². The predicted octanol–water partition coefficient (Wildman–Crippen LogP) is 9.79. The molecule has 12 nitrogen and oxygen atoms in total. The Bertz CT molecular complexity index is 2840. The molecule has 3 heterocycles. The Hall–Kier alpha value is -7.69. The molecule has 1 radical (unpaired) electrons. The van der Waals surface area contributed by atoms with Gasteiger partial charge in [0.15, 0.2) is 17.0 Å². The summed E-state index contributed by atoms with van der Waals surface area (Å²) in [5.74, 6) is 10.0. The zero-order valence-electron chi connectivity index (χ0n) is 38.4. The van der Waals surface area contributed by atoms with Crippen LogP contribution in [0.1, 0.15) is 46.0 Å². The summed E-state index contributed by atoms with van der Waals surface area (Å²) in [5, 5.41) is 3.35. The van der Waals surface area contributed by atoms with Gasteiger partial charge in [-0.2, -0.15) is 0 Å². The van der Waals surface area contributed by atoms with Crippen LogP contribution in [0.25, 0.3) is 11.2 Å². The molecule has 1 aliphatic heterocycles. The van der Waals surface area contributed by atoms with Crippen LogP contribution in [0.3, 0.4) is 0 Å². The van der Waals surface area contributed by atoms with Crippen molar-refractivity contribution < 1.29 is 33.2 Å². The number of fused-ring (bicyclic) bond motifs is 1. The monoisotopic (exact) mass is 906 g/mol. The molecule has 0 aliphatic carbocycles. The average Bonchev–Trinajstić information content (AvgIpc) is 4.08. The first-order valence-corrected chi connectivity index (χ1v) is 22.3. The minimum Gasteiger partial charge on any atom is -0.497 e. The van der Waals surface area contributed by atoms with Crippen LogP contribution in [-0.2, 0) is 25.4 Å². The second kappa shape index (κ2) is 20.9. The van der Waals surface area contributed by atoms with E-state index in [1.165, 1.54) is 6.33 Å². The third-order valence-electron chi connectivity index (χ3n) is 12.2. The molecule has 1 fully saturated rings. The summed E-state index contributed by atoms with van der Waals surface area (Å²) >= 11 is 0. The molecular weight excluding hydrogens is 855 g/mol. The van der Waals surface area contributed by atoms with Crippen LogP contribution in [0.4, 0.5) is 5.82 Å². The van der Waals surface area contributed by atoms with E-state index < -0.39 is 11.2 Å². The lowest BCUT2D eigenvalue weighted by molar-refractivity contribution is -0.0702. The molecule has 68 heavy (non-hydrogen) atoms. The average molecular weight is 907 g/mol. The van der Waals surface area contributed by atoms with Gasteiger partial charge in [-0.3, -0.25) is 4.57 Å². The van der Waals surface area contributed by atoms with Crippen LogP contribution in [0.15, 0.2) is 170 Å². The molecule has 1 N–H and O–H groups in total. The summed E-state index contributed by atoms with van der Waals surface area (Å²) in [6, 6.07) is 52.2. The second-order valence-electron chi connectivity index (χ2n) is 16.0. The fourth-order valence-electron chi connectivity index (χ4n) is 8.80. The van der Waals surface area contributed by atoms with Crippen LogP contribution in [0.2, 0.25) is 0 Å². The van der Waals surface area contributed by atoms with Crippen LogP contribution < -0.4 is 24.3 Å². The molecule has 2 aromatic heterocycles. The van der Waals surface area contributed by atoms with E-state index in [4.69, 9.17) is 38.1 Å². The first-order chi connectivity index (χ1) is 33.5. The Labute approximate surface area is 396 Å². The van der Waals surface area contributed by atoms with Gasteiger partial charge in [-0.05, 0) is 94.8 Å². The van der Waals surface area contributed by atoms with Gasteiger partial charge < -0.3 is 38.5 Å². The van der Waals surface area contributed by atoms with Crippen molar-refractivity contribution in [2.24, 2.45) is 0 Å². The molecule has 9 rings (SSSR count). The summed E-state index contributed by atoms with van der Waals surface area (Å²) in [5.41, 5.74) is 4.98. The fraction of sp³-hybridized carbons (Fsp3) is 0.214. The smallest absolute Gasteiger partial charge is 0.167 e. The van der Waals surface area contributed by atoms with Gasteiger partial charge >= 0.3 is 0 Å². The number of ether oxygens (including phenoxy) is 7. The molecule has 0 bridgehead atoms. The molecular formula is C56H52N5O7. The lowest BCUT2D eigenvalue weighted by Gasteiger charge is -2.37. The van der Waals surface area contributed by atoms with Crippen LogP contribution in [0, 0.1) is 18.3 Å². The van der Waals surface area contributed by atoms with Crippen LogP contribution in [0.5, 0.6) is 23.0 Å². The largest absolute Gasteiger partial charge is 0.497 e. The maximum atomic E-state index is 7.14. The highest BCUT2D eigenvalue weighted by atomic mass is 16.6. The molecule has 6 aromatic carbocycles. The van der Waals surface area contributed by atoms with Crippen molar-refractivity contribution in [3.8, 4) is 34.8 Å². The highest BCUT2D eigenvalue weighted by molar-refractivity contribution is 5.82. The summed E-state index contributed by atoms with van der Waals surface area (Å²) in [4.78, 5) is 13.9. The maximum Gasteiger partial charge on any atom is 0.167 e. The molecule has 0 unspecified atom stereocenters. The third kappa shape index (κ3) is 9.20. The molecule has 2 atom stereocenters. The number of rotatable bonds is 18. The Kier molecular flexibility index (Phi) is 14.0. The molecule has 1 saturated heterocycles. The molecule has 0 saturated carbocycles. The van der Waals surface area contributed by atoms with E-state index in [1.54, 1.807) is 34.8 Å². The standard InChI is InChI=1S/C56H52N5O7/c1-62-46-25-17-42(18-26-46)55(40-13-7-5-8-14-40,43-19-27-47(63-2)28-20-43)66-36-12-11-35-57-53-52-54(59-38-58-53)61(39-60-52)51-34-33-50(68-51)37-67-56(41-15-9-6-10-16-41,44-21-29-48(64-3)30-22-44)45-23-31-49(65-4)32-24-45/h5-10,13-33,38-39,50-51H,34-37H2,1-4H3,(H,57,58,59)/t50-,51-/m1/s1. The summed E-state index contributed by atoms with van der Waals surface area (Å²) in [6.45, 7) is 0.701. The van der Waals surface area contributed by atoms with Crippen LogP contribution in [-0.4, -0.2) is 73.8 Å². The zero-order valence-corrected chi connectivity index (χ0v) is 38.4. The van der Waals surface area contributed by atoms with Gasteiger partial charge in [0.2, 0.25) is 0 Å². The predicted molar refractivity (Wildman–Crippen MR) is 261 cm³/mol. The van der Waals surface area contributed by atoms with E-state index in [0.29, 0.717) is 29.9 Å². The number of benzene rings is 6. The number of methoxy groups -OCH3 is 4. The third-order valence-corrected chi connectivity index (χ3v) is 12.2. The van der Waals surface area contributed by atoms with E-state index in [2.05, 4.69) is 57.8 Å². The van der Waals surface area contributed by atoms with Gasteiger partial charge in [0.1, 0.15) is 53.4 Å². The maximum absolute atomic E-state index is 7.14. The lowest BCUT2D eigenvalue weighted by Crippen LogP contribution is -2.35. The van der Waals surface area contributed by atoms with E-state index in [1.807, 2.05) is 138 Å². The SMILES string of the molecule is COc1ccc(C(OCC#CCNc2ncnc3c2ncn3[C@H]2C[CH][C@H](COC(c3ccccc3)(c3ccc(OC)cc3)c3ccc(OC)cc3)O2)(c2ccccc2)c2ccc(OC)cc2)cc1. The minimum absolute atomic E-state index is 0.134. The summed E-state index contributed by atoms with van der Waals surface area (Å²) in [6.07, 6.45) is 5.34. The molecule has 0 amide bonds. The van der Waals surface area contributed by atoms with Gasteiger partial charge in [-0.15, -0.1) is 0 Å². The van der Waals surface area contributed by atoms with E-state index in [9.17, 15) is 0 Å². The van der Waals surface area contributed by atoms with Gasteiger partial charge in [0.25, 0.3) is 0 Å². The van der Waals surface area contributed by atoms with Crippen molar-refractivity contribution in [1.82, 2.24) is 19.5 Å². The summed E-state index contributed by atoms with van der Waals surface area (Å²) in [7, 11) is 6.63. The van der Waals surface area contributed by atoms with Gasteiger partial charge in [-0.25, -0.2) is 15.0 Å². The molecule has 343 valence electrons. The van der Waals surface area contributed by atoms with Crippen LogP contribution >= 0.6 is 0 Å². The lowest BCUT2D eigenvalue weighted by atomic mass is 9.80. The number of imidazole rings is 1. The number of nitrogens with one attached hydrogen (secondary N) is 1. The fourth-order valence-corrected chi connectivity index (χ4v) is 8.80. The Morgan fingerprint density at radius 2 is 1.01 bits per heavy atom. The number of hydrogen-bond donors (Lipinski definition) is 1. The molecule has 12 heteroatoms. The number of aromatic nitrogens is 4. The van der Waals surface area contributed by atoms with E-state index in [0.717, 1.165) is 56.4 Å². The van der Waals surface area contributed by atoms with E-state index >= 15 is 0 Å². The first kappa shape index (κ1) is 45.5. The number of anilines is 1. The molecule has 8 aromatic rings. The Balaban J connectivity index is 0.904. The highest BCUT2D eigenvalue weighted by Gasteiger charge is 2.41. The molecule has 1 aliphatic rings. The quantitative estimate of drug-likeness (QED) is 0.0655. The number of hydrogen-bond acceptors (Lipinski definition) is 11. The first-order valence-electron chi connectivity index (χ1n) is 22.3. The second-order valence-corrected chi connectivity index (χ2v) is 16.0.